The number of carbonyl (C=O) groups is 1. The molecule has 0 saturated carbocycles. The maximum atomic E-state index is 12.9. The van der Waals surface area contributed by atoms with Crippen LogP contribution in [0.25, 0.3) is 6.08 Å². The number of carboxylic acid groups (broad SMARTS) is 1. The number of halogens is 1. The number of hydrogen-bond acceptors (Lipinski definition) is 3. The molecule has 0 radical (unpaired) electrons. The molecule has 0 bridgehead atoms. The average Bonchev–Trinajstić information content (AvgIpc) is 2.88. The molecule has 3 rings (SSSR count). The lowest BCUT2D eigenvalue weighted by molar-refractivity contribution is -0.153. The number of benzene rings is 1. The van der Waals surface area contributed by atoms with Crippen LogP contribution in [0.5, 0.6) is 0 Å². The molecule has 1 aromatic carbocycles. The van der Waals surface area contributed by atoms with Crippen molar-refractivity contribution in [2.45, 2.75) is 6.42 Å². The van der Waals surface area contributed by atoms with Gasteiger partial charge in [-0.05, 0) is 43.6 Å². The van der Waals surface area contributed by atoms with E-state index in [1.54, 1.807) is 12.1 Å². The van der Waals surface area contributed by atoms with Gasteiger partial charge in [0.2, 0.25) is 0 Å². The van der Waals surface area contributed by atoms with Gasteiger partial charge in [0.1, 0.15) is 5.82 Å². The third kappa shape index (κ3) is 3.31. The van der Waals surface area contributed by atoms with E-state index in [9.17, 15) is 14.3 Å². The highest BCUT2D eigenvalue weighted by Gasteiger charge is 2.54. The van der Waals surface area contributed by atoms with E-state index in [0.717, 1.165) is 31.6 Å². The van der Waals surface area contributed by atoms with E-state index < -0.39 is 11.4 Å². The molecule has 0 spiro atoms. The van der Waals surface area contributed by atoms with Crippen LogP contribution in [-0.4, -0.2) is 60.6 Å². The lowest BCUT2D eigenvalue weighted by Gasteiger charge is -2.39. The second-order valence-corrected chi connectivity index (χ2v) is 6.83. The Morgan fingerprint density at radius 2 is 2.13 bits per heavy atom. The summed E-state index contributed by atoms with van der Waals surface area (Å²) < 4.78 is 12.9. The molecule has 2 heterocycles. The Labute approximate surface area is 136 Å². The molecule has 0 amide bonds. The predicted octanol–water partition coefficient (Wildman–Crippen LogP) is 2.18. The molecule has 0 unspecified atom stereocenters. The highest BCUT2D eigenvalue weighted by atomic mass is 19.1. The molecule has 1 aromatic rings. The molecule has 0 aliphatic carbocycles. The Kier molecular flexibility index (Phi) is 4.50. The zero-order chi connectivity index (χ0) is 16.4. The van der Waals surface area contributed by atoms with Gasteiger partial charge in [-0.25, -0.2) is 4.39 Å². The second-order valence-electron chi connectivity index (χ2n) is 6.83. The predicted molar refractivity (Wildman–Crippen MR) is 87.5 cm³/mol. The van der Waals surface area contributed by atoms with Crippen LogP contribution in [0.1, 0.15) is 12.0 Å². The Morgan fingerprint density at radius 3 is 2.83 bits per heavy atom. The minimum absolute atomic E-state index is 0.232. The molecule has 0 aromatic heterocycles. The van der Waals surface area contributed by atoms with Gasteiger partial charge in [-0.15, -0.1) is 0 Å². The highest BCUT2D eigenvalue weighted by Crippen LogP contribution is 2.42. The molecule has 2 aliphatic rings. The summed E-state index contributed by atoms with van der Waals surface area (Å²) in [5.41, 5.74) is 0.326. The number of hydrogen-bond donors (Lipinski definition) is 1. The monoisotopic (exact) mass is 318 g/mol. The van der Waals surface area contributed by atoms with Crippen molar-refractivity contribution in [1.29, 1.82) is 0 Å². The van der Waals surface area contributed by atoms with E-state index in [1.807, 2.05) is 19.2 Å². The fourth-order valence-corrected chi connectivity index (χ4v) is 3.92. The fraction of sp³-hybridized carbons (Fsp3) is 0.500. The number of aliphatic carboxylic acids is 1. The van der Waals surface area contributed by atoms with E-state index in [2.05, 4.69) is 9.80 Å². The number of piperidine rings is 1. The second kappa shape index (κ2) is 6.42. The number of fused-ring (bicyclic) bond motifs is 1. The molecule has 4 nitrogen and oxygen atoms in total. The number of carboxylic acids is 1. The first-order chi connectivity index (χ1) is 11.0. The van der Waals surface area contributed by atoms with Crippen LogP contribution in [-0.2, 0) is 4.79 Å². The SMILES string of the molecule is CN1CC[C@H]2CN(CC=Cc3ccc(F)cc3)C[C@@]2(C(=O)O)C1. The summed E-state index contributed by atoms with van der Waals surface area (Å²) in [4.78, 5) is 16.2. The Balaban J connectivity index is 1.64. The largest absolute Gasteiger partial charge is 0.481 e. The van der Waals surface area contributed by atoms with Crippen molar-refractivity contribution in [2.75, 3.05) is 39.8 Å². The zero-order valence-electron chi connectivity index (χ0n) is 13.4. The van der Waals surface area contributed by atoms with Gasteiger partial charge in [0, 0.05) is 26.2 Å². The van der Waals surface area contributed by atoms with Crippen LogP contribution < -0.4 is 0 Å². The van der Waals surface area contributed by atoms with E-state index >= 15 is 0 Å². The Bertz CT molecular complexity index is 602. The zero-order valence-corrected chi connectivity index (χ0v) is 13.4. The van der Waals surface area contributed by atoms with Crippen LogP contribution >= 0.6 is 0 Å². The first-order valence-electron chi connectivity index (χ1n) is 8.06. The Morgan fingerprint density at radius 1 is 1.39 bits per heavy atom. The molecule has 5 heteroatoms. The molecule has 2 saturated heterocycles. The maximum absolute atomic E-state index is 12.9. The summed E-state index contributed by atoms with van der Waals surface area (Å²) in [5, 5.41) is 9.76. The number of rotatable bonds is 4. The van der Waals surface area contributed by atoms with Crippen LogP contribution in [0.15, 0.2) is 30.3 Å². The molecule has 2 atom stereocenters. The van der Waals surface area contributed by atoms with E-state index in [0.29, 0.717) is 13.1 Å². The van der Waals surface area contributed by atoms with Gasteiger partial charge in [-0.3, -0.25) is 9.69 Å². The first-order valence-corrected chi connectivity index (χ1v) is 8.06. The quantitative estimate of drug-likeness (QED) is 0.924. The van der Waals surface area contributed by atoms with Crippen molar-refractivity contribution in [3.63, 3.8) is 0 Å². The third-order valence-corrected chi connectivity index (χ3v) is 5.15. The summed E-state index contributed by atoms with van der Waals surface area (Å²) in [6.45, 7) is 3.77. The van der Waals surface area contributed by atoms with Gasteiger partial charge in [0.05, 0.1) is 5.41 Å². The van der Waals surface area contributed by atoms with Crippen LogP contribution in [0.4, 0.5) is 4.39 Å². The number of nitrogens with zero attached hydrogens (tertiary/aromatic N) is 2. The lowest BCUT2D eigenvalue weighted by Crippen LogP contribution is -2.52. The van der Waals surface area contributed by atoms with Crippen molar-refractivity contribution in [1.82, 2.24) is 9.80 Å². The highest BCUT2D eigenvalue weighted by molar-refractivity contribution is 5.76. The Hall–Kier alpha value is -1.72. The summed E-state index contributed by atoms with van der Waals surface area (Å²) in [6, 6.07) is 6.37. The molecule has 2 fully saturated rings. The van der Waals surface area contributed by atoms with E-state index in [-0.39, 0.29) is 11.7 Å². The van der Waals surface area contributed by atoms with Gasteiger partial charge in [-0.1, -0.05) is 24.3 Å². The van der Waals surface area contributed by atoms with Gasteiger partial charge >= 0.3 is 5.97 Å². The van der Waals surface area contributed by atoms with E-state index in [1.165, 1.54) is 12.1 Å². The summed E-state index contributed by atoms with van der Waals surface area (Å²) >= 11 is 0. The van der Waals surface area contributed by atoms with E-state index in [4.69, 9.17) is 0 Å². The molecule has 2 aliphatic heterocycles. The molecule has 1 N–H and O–H groups in total. The van der Waals surface area contributed by atoms with Gasteiger partial charge in [-0.2, -0.15) is 0 Å². The molecular weight excluding hydrogens is 295 g/mol. The molecular formula is C18H23FN2O2. The lowest BCUT2D eigenvalue weighted by atomic mass is 9.73. The molecule has 23 heavy (non-hydrogen) atoms. The summed E-state index contributed by atoms with van der Waals surface area (Å²) in [7, 11) is 2.00. The van der Waals surface area contributed by atoms with Crippen LogP contribution in [0.3, 0.4) is 0 Å². The topological polar surface area (TPSA) is 43.8 Å². The van der Waals surface area contributed by atoms with Crippen molar-refractivity contribution >= 4 is 12.0 Å². The summed E-state index contributed by atoms with van der Waals surface area (Å²) in [6.07, 6.45) is 4.94. The minimum Gasteiger partial charge on any atom is -0.481 e. The fourth-order valence-electron chi connectivity index (χ4n) is 3.92. The van der Waals surface area contributed by atoms with Gasteiger partial charge < -0.3 is 10.0 Å². The van der Waals surface area contributed by atoms with Crippen molar-refractivity contribution in [2.24, 2.45) is 11.3 Å². The van der Waals surface area contributed by atoms with Gasteiger partial charge in [0.15, 0.2) is 0 Å². The smallest absolute Gasteiger partial charge is 0.312 e. The van der Waals surface area contributed by atoms with Crippen LogP contribution in [0.2, 0.25) is 0 Å². The summed E-state index contributed by atoms with van der Waals surface area (Å²) in [5.74, 6) is -0.673. The maximum Gasteiger partial charge on any atom is 0.312 e. The van der Waals surface area contributed by atoms with Gasteiger partial charge in [0.25, 0.3) is 0 Å². The first kappa shape index (κ1) is 16.1. The van der Waals surface area contributed by atoms with Crippen molar-refractivity contribution in [3.05, 3.63) is 41.7 Å². The molecule has 124 valence electrons. The van der Waals surface area contributed by atoms with Crippen molar-refractivity contribution in [3.8, 4) is 0 Å². The normalized spacial score (nSPS) is 29.0. The van der Waals surface area contributed by atoms with Crippen molar-refractivity contribution < 1.29 is 14.3 Å². The minimum atomic E-state index is -0.668. The van der Waals surface area contributed by atoms with Crippen LogP contribution in [0, 0.1) is 17.2 Å². The number of likely N-dealkylation sites (tertiary alicyclic amines) is 2. The third-order valence-electron chi connectivity index (χ3n) is 5.15. The average molecular weight is 318 g/mol. The standard InChI is InChI=1S/C18H23FN2O2/c1-20-10-8-15-11-21(13-18(15,12-20)17(22)23)9-2-3-14-4-6-16(19)7-5-14/h2-7,15H,8-13H2,1H3,(H,22,23)/t15-,18-/m0/s1.